The first-order valence-corrected chi connectivity index (χ1v) is 5.21. The highest BCUT2D eigenvalue weighted by molar-refractivity contribution is 6.04. The average Bonchev–Trinajstić information content (AvgIpc) is 2.41. The molecule has 0 fully saturated rings. The van der Waals surface area contributed by atoms with E-state index in [1.807, 2.05) is 39.0 Å². The van der Waals surface area contributed by atoms with Crippen LogP contribution in [-0.4, -0.2) is 11.9 Å². The Morgan fingerprint density at radius 3 is 2.67 bits per heavy atom. The molecule has 1 heterocycles. The van der Waals surface area contributed by atoms with Gasteiger partial charge in [-0.25, -0.2) is 0 Å². The second-order valence-electron chi connectivity index (χ2n) is 4.34. The quantitative estimate of drug-likeness (QED) is 0.757. The fraction of sp³-hybridized carbons (Fsp3) is 0.417. The van der Waals surface area contributed by atoms with E-state index >= 15 is 0 Å². The molecule has 1 atom stereocenters. The van der Waals surface area contributed by atoms with Crippen molar-refractivity contribution in [3.05, 3.63) is 29.3 Å². The normalized spacial score (nSPS) is 19.9. The standard InChI is InChI=1S/C12H16N2O/c1-7(2)14-10-5-4-8(3)6-9(10)11(13)12(14)15/h4-7,11H,13H2,1-3H3/t11-/m1/s1. The van der Waals surface area contributed by atoms with E-state index in [4.69, 9.17) is 5.73 Å². The first-order chi connectivity index (χ1) is 7.02. The van der Waals surface area contributed by atoms with Crippen molar-refractivity contribution in [3.63, 3.8) is 0 Å². The minimum atomic E-state index is -0.484. The Labute approximate surface area is 89.9 Å². The van der Waals surface area contributed by atoms with E-state index in [-0.39, 0.29) is 11.9 Å². The number of aryl methyl sites for hydroxylation is 1. The summed E-state index contributed by atoms with van der Waals surface area (Å²) in [6.07, 6.45) is 0. The van der Waals surface area contributed by atoms with Crippen molar-refractivity contribution >= 4 is 11.6 Å². The summed E-state index contributed by atoms with van der Waals surface area (Å²) in [7, 11) is 0. The summed E-state index contributed by atoms with van der Waals surface area (Å²) in [4.78, 5) is 13.7. The van der Waals surface area contributed by atoms with Crippen LogP contribution in [-0.2, 0) is 4.79 Å². The third-order valence-corrected chi connectivity index (χ3v) is 2.80. The molecule has 1 aromatic rings. The van der Waals surface area contributed by atoms with Crippen LogP contribution in [0.1, 0.15) is 31.0 Å². The van der Waals surface area contributed by atoms with E-state index in [0.717, 1.165) is 16.8 Å². The van der Waals surface area contributed by atoms with Crippen molar-refractivity contribution in [1.82, 2.24) is 0 Å². The van der Waals surface area contributed by atoms with Crippen LogP contribution in [0.5, 0.6) is 0 Å². The molecule has 0 radical (unpaired) electrons. The van der Waals surface area contributed by atoms with Crippen molar-refractivity contribution in [2.45, 2.75) is 32.9 Å². The number of nitrogens with two attached hydrogens (primary N) is 1. The van der Waals surface area contributed by atoms with Gasteiger partial charge in [-0.2, -0.15) is 0 Å². The number of anilines is 1. The van der Waals surface area contributed by atoms with Gasteiger partial charge in [0.25, 0.3) is 0 Å². The summed E-state index contributed by atoms with van der Waals surface area (Å²) in [5, 5.41) is 0. The minimum Gasteiger partial charge on any atom is -0.316 e. The lowest BCUT2D eigenvalue weighted by Gasteiger charge is -2.21. The largest absolute Gasteiger partial charge is 0.316 e. The van der Waals surface area contributed by atoms with Crippen molar-refractivity contribution in [2.75, 3.05) is 4.90 Å². The number of hydrogen-bond acceptors (Lipinski definition) is 2. The topological polar surface area (TPSA) is 46.3 Å². The third kappa shape index (κ3) is 1.43. The number of rotatable bonds is 1. The van der Waals surface area contributed by atoms with Gasteiger partial charge in [-0.1, -0.05) is 17.7 Å². The van der Waals surface area contributed by atoms with Crippen LogP contribution in [0.25, 0.3) is 0 Å². The molecule has 1 aromatic carbocycles. The van der Waals surface area contributed by atoms with Gasteiger partial charge < -0.3 is 10.6 Å². The number of amides is 1. The van der Waals surface area contributed by atoms with Crippen LogP contribution < -0.4 is 10.6 Å². The monoisotopic (exact) mass is 204 g/mol. The molecule has 80 valence electrons. The molecule has 0 saturated carbocycles. The zero-order valence-corrected chi connectivity index (χ0v) is 9.32. The van der Waals surface area contributed by atoms with Crippen molar-refractivity contribution < 1.29 is 4.79 Å². The SMILES string of the molecule is Cc1ccc2c(c1)[C@@H](N)C(=O)N2C(C)C. The number of nitrogens with zero attached hydrogens (tertiary/aromatic N) is 1. The Hall–Kier alpha value is -1.35. The summed E-state index contributed by atoms with van der Waals surface area (Å²) in [6.45, 7) is 6.01. The Morgan fingerprint density at radius 2 is 2.07 bits per heavy atom. The summed E-state index contributed by atoms with van der Waals surface area (Å²) in [5.74, 6) is 0.00519. The molecule has 0 saturated heterocycles. The molecule has 0 spiro atoms. The van der Waals surface area contributed by atoms with Crippen molar-refractivity contribution in [3.8, 4) is 0 Å². The molecule has 1 aliphatic heterocycles. The van der Waals surface area contributed by atoms with Crippen LogP contribution in [0.3, 0.4) is 0 Å². The van der Waals surface area contributed by atoms with E-state index in [1.54, 1.807) is 4.90 Å². The smallest absolute Gasteiger partial charge is 0.248 e. The zero-order valence-electron chi connectivity index (χ0n) is 9.32. The first-order valence-electron chi connectivity index (χ1n) is 5.21. The zero-order chi connectivity index (χ0) is 11.2. The van der Waals surface area contributed by atoms with Crippen LogP contribution in [0.4, 0.5) is 5.69 Å². The number of hydrogen-bond donors (Lipinski definition) is 1. The second-order valence-corrected chi connectivity index (χ2v) is 4.34. The summed E-state index contributed by atoms with van der Waals surface area (Å²) in [6, 6.07) is 5.67. The van der Waals surface area contributed by atoms with Gasteiger partial charge in [-0.05, 0) is 26.8 Å². The number of benzene rings is 1. The lowest BCUT2D eigenvalue weighted by atomic mass is 10.1. The molecule has 3 nitrogen and oxygen atoms in total. The molecule has 15 heavy (non-hydrogen) atoms. The summed E-state index contributed by atoms with van der Waals surface area (Å²) >= 11 is 0. The van der Waals surface area contributed by atoms with Crippen LogP contribution in [0.15, 0.2) is 18.2 Å². The number of carbonyl (C=O) groups is 1. The Morgan fingerprint density at radius 1 is 1.40 bits per heavy atom. The summed E-state index contributed by atoms with van der Waals surface area (Å²) in [5.41, 5.74) is 8.96. The van der Waals surface area contributed by atoms with Crippen molar-refractivity contribution in [2.24, 2.45) is 5.73 Å². The Balaban J connectivity index is 2.55. The van der Waals surface area contributed by atoms with Gasteiger partial charge >= 0.3 is 0 Å². The maximum Gasteiger partial charge on any atom is 0.248 e. The Kier molecular flexibility index (Phi) is 2.27. The molecule has 1 aliphatic rings. The molecule has 0 aromatic heterocycles. The van der Waals surface area contributed by atoms with Gasteiger partial charge in [0.05, 0.1) is 0 Å². The van der Waals surface area contributed by atoms with E-state index in [0.29, 0.717) is 0 Å². The molecule has 0 unspecified atom stereocenters. The lowest BCUT2D eigenvalue weighted by Crippen LogP contribution is -2.36. The highest BCUT2D eigenvalue weighted by atomic mass is 16.2. The maximum absolute atomic E-state index is 11.9. The van der Waals surface area contributed by atoms with Crippen LogP contribution in [0.2, 0.25) is 0 Å². The maximum atomic E-state index is 11.9. The molecule has 3 heteroatoms. The fourth-order valence-electron chi connectivity index (χ4n) is 2.08. The first kappa shape index (κ1) is 10.2. The predicted molar refractivity (Wildman–Crippen MR) is 60.7 cm³/mol. The highest BCUT2D eigenvalue weighted by Crippen LogP contribution is 2.36. The fourth-order valence-corrected chi connectivity index (χ4v) is 2.08. The van der Waals surface area contributed by atoms with E-state index in [2.05, 4.69) is 0 Å². The van der Waals surface area contributed by atoms with Gasteiger partial charge in [0.15, 0.2) is 0 Å². The third-order valence-electron chi connectivity index (χ3n) is 2.80. The molecular formula is C12H16N2O. The molecule has 1 amide bonds. The molecule has 0 bridgehead atoms. The lowest BCUT2D eigenvalue weighted by molar-refractivity contribution is -0.119. The van der Waals surface area contributed by atoms with E-state index < -0.39 is 6.04 Å². The van der Waals surface area contributed by atoms with E-state index in [1.165, 1.54) is 0 Å². The van der Waals surface area contributed by atoms with E-state index in [9.17, 15) is 4.79 Å². The van der Waals surface area contributed by atoms with Gasteiger partial charge in [0, 0.05) is 17.3 Å². The summed E-state index contributed by atoms with van der Waals surface area (Å²) < 4.78 is 0. The van der Waals surface area contributed by atoms with Crippen molar-refractivity contribution in [1.29, 1.82) is 0 Å². The number of fused-ring (bicyclic) bond motifs is 1. The molecule has 2 N–H and O–H groups in total. The minimum absolute atomic E-state index is 0.00519. The highest BCUT2D eigenvalue weighted by Gasteiger charge is 2.35. The molecule has 0 aliphatic carbocycles. The second kappa shape index (κ2) is 3.35. The van der Waals surface area contributed by atoms with Crippen LogP contribution in [0, 0.1) is 6.92 Å². The van der Waals surface area contributed by atoms with Gasteiger partial charge in [-0.3, -0.25) is 4.79 Å². The molecular weight excluding hydrogens is 188 g/mol. The van der Waals surface area contributed by atoms with Crippen LogP contribution >= 0.6 is 0 Å². The van der Waals surface area contributed by atoms with Gasteiger partial charge in [-0.15, -0.1) is 0 Å². The predicted octanol–water partition coefficient (Wildman–Crippen LogP) is 1.75. The molecule has 2 rings (SSSR count). The van der Waals surface area contributed by atoms with Gasteiger partial charge in [0.2, 0.25) is 5.91 Å². The number of carbonyl (C=O) groups excluding carboxylic acids is 1. The average molecular weight is 204 g/mol. The Bertz CT molecular complexity index is 412. The van der Waals surface area contributed by atoms with Gasteiger partial charge in [0.1, 0.15) is 6.04 Å².